The molecule has 0 radical (unpaired) electrons. The van der Waals surface area contributed by atoms with Gasteiger partial charge in [0, 0.05) is 6.04 Å². The molecule has 0 aromatic heterocycles. The lowest BCUT2D eigenvalue weighted by Crippen LogP contribution is -2.47. The molecular formula is C19H28N2O6S. The van der Waals surface area contributed by atoms with Gasteiger partial charge >= 0.3 is 5.97 Å². The van der Waals surface area contributed by atoms with Crippen molar-refractivity contribution in [3.05, 3.63) is 23.8 Å². The standard InChI is InChI=1S/C19H28N2O6S/c1-11-6-5-7-16(12(11)2)21-18(22)13(3)27-19(23)15-10-14(28(20,24)25)8-9-17(15)26-4/h8-13,16H,5-7H2,1-4H3,(H,21,22)(H2,20,24,25)/t11-,12+,13+,16+/m1/s1. The van der Waals surface area contributed by atoms with Crippen LogP contribution in [0.4, 0.5) is 0 Å². The number of amides is 1. The summed E-state index contributed by atoms with van der Waals surface area (Å²) in [6.07, 6.45) is 2.03. The van der Waals surface area contributed by atoms with E-state index in [1.807, 2.05) is 0 Å². The molecule has 0 aliphatic heterocycles. The number of methoxy groups -OCH3 is 1. The monoisotopic (exact) mass is 412 g/mol. The summed E-state index contributed by atoms with van der Waals surface area (Å²) < 4.78 is 33.4. The number of sulfonamides is 1. The first kappa shape index (κ1) is 22.2. The molecule has 1 aliphatic carbocycles. The topological polar surface area (TPSA) is 125 Å². The summed E-state index contributed by atoms with van der Waals surface area (Å²) in [7, 11) is -2.66. The van der Waals surface area contributed by atoms with Gasteiger partial charge in [-0.05, 0) is 43.4 Å². The molecule has 4 atom stereocenters. The van der Waals surface area contributed by atoms with Crippen LogP contribution >= 0.6 is 0 Å². The van der Waals surface area contributed by atoms with Crippen LogP contribution in [0.5, 0.6) is 5.75 Å². The van der Waals surface area contributed by atoms with E-state index in [1.54, 1.807) is 0 Å². The van der Waals surface area contributed by atoms with Crippen molar-refractivity contribution in [3.63, 3.8) is 0 Å². The molecule has 0 bridgehead atoms. The van der Waals surface area contributed by atoms with E-state index in [0.717, 1.165) is 25.3 Å². The Morgan fingerprint density at radius 2 is 1.93 bits per heavy atom. The third-order valence-corrected chi connectivity index (χ3v) is 6.32. The first-order valence-corrected chi connectivity index (χ1v) is 10.8. The second kappa shape index (κ2) is 8.91. The molecule has 0 saturated heterocycles. The Morgan fingerprint density at radius 1 is 1.25 bits per heavy atom. The number of carbonyl (C=O) groups excluding carboxylic acids is 2. The molecule has 1 aromatic rings. The van der Waals surface area contributed by atoms with Gasteiger partial charge in [-0.3, -0.25) is 4.79 Å². The Kier molecular flexibility index (Phi) is 7.06. The maximum absolute atomic E-state index is 12.5. The van der Waals surface area contributed by atoms with Gasteiger partial charge in [0.2, 0.25) is 10.0 Å². The van der Waals surface area contributed by atoms with E-state index in [2.05, 4.69) is 19.2 Å². The minimum atomic E-state index is -4.00. The summed E-state index contributed by atoms with van der Waals surface area (Å²) in [5.74, 6) is -0.273. The highest BCUT2D eigenvalue weighted by Crippen LogP contribution is 2.29. The van der Waals surface area contributed by atoms with Crippen LogP contribution in [0.3, 0.4) is 0 Å². The molecule has 2 rings (SSSR count). The number of hydrogen-bond donors (Lipinski definition) is 2. The van der Waals surface area contributed by atoms with Gasteiger partial charge in [0.15, 0.2) is 6.10 Å². The zero-order valence-electron chi connectivity index (χ0n) is 16.6. The van der Waals surface area contributed by atoms with E-state index in [-0.39, 0.29) is 28.2 Å². The lowest BCUT2D eigenvalue weighted by Gasteiger charge is -2.35. The highest BCUT2D eigenvalue weighted by Gasteiger charge is 2.30. The average Bonchev–Trinajstić information content (AvgIpc) is 2.63. The van der Waals surface area contributed by atoms with Gasteiger partial charge in [0.05, 0.1) is 12.0 Å². The van der Waals surface area contributed by atoms with Crippen LogP contribution in [0, 0.1) is 11.8 Å². The van der Waals surface area contributed by atoms with Gasteiger partial charge in [-0.15, -0.1) is 0 Å². The van der Waals surface area contributed by atoms with Crippen molar-refractivity contribution >= 4 is 21.9 Å². The maximum atomic E-state index is 12.5. The fourth-order valence-corrected chi connectivity index (χ4v) is 3.93. The van der Waals surface area contributed by atoms with Crippen molar-refractivity contribution in [3.8, 4) is 5.75 Å². The second-order valence-corrected chi connectivity index (χ2v) is 8.90. The van der Waals surface area contributed by atoms with E-state index in [4.69, 9.17) is 14.6 Å². The molecule has 8 nitrogen and oxygen atoms in total. The SMILES string of the molecule is COc1ccc(S(N)(=O)=O)cc1C(=O)O[C@@H](C)C(=O)N[C@H]1CCC[C@@H](C)[C@@H]1C. The smallest absolute Gasteiger partial charge is 0.342 e. The number of primary sulfonamides is 1. The quantitative estimate of drug-likeness (QED) is 0.687. The van der Waals surface area contributed by atoms with Crippen LogP contribution in [0.15, 0.2) is 23.1 Å². The van der Waals surface area contributed by atoms with Gasteiger partial charge in [0.1, 0.15) is 11.3 Å². The van der Waals surface area contributed by atoms with Crippen molar-refractivity contribution in [2.24, 2.45) is 17.0 Å². The number of hydrogen-bond acceptors (Lipinski definition) is 6. The molecule has 9 heteroatoms. The first-order valence-electron chi connectivity index (χ1n) is 9.26. The molecule has 3 N–H and O–H groups in total. The molecule has 0 spiro atoms. The molecule has 156 valence electrons. The third-order valence-electron chi connectivity index (χ3n) is 5.41. The number of esters is 1. The van der Waals surface area contributed by atoms with Gasteiger partial charge < -0.3 is 14.8 Å². The lowest BCUT2D eigenvalue weighted by molar-refractivity contribution is -0.130. The second-order valence-electron chi connectivity index (χ2n) is 7.34. The van der Waals surface area contributed by atoms with Gasteiger partial charge in [-0.2, -0.15) is 0 Å². The number of benzene rings is 1. The molecule has 1 saturated carbocycles. The van der Waals surface area contributed by atoms with Crippen molar-refractivity contribution in [1.29, 1.82) is 0 Å². The predicted octanol–water partition coefficient (Wildman–Crippen LogP) is 1.83. The minimum Gasteiger partial charge on any atom is -0.496 e. The third kappa shape index (κ3) is 5.23. The summed E-state index contributed by atoms with van der Waals surface area (Å²) in [4.78, 5) is 24.7. The molecular weight excluding hydrogens is 384 g/mol. The number of carbonyl (C=O) groups is 2. The fourth-order valence-electron chi connectivity index (χ4n) is 3.39. The fraction of sp³-hybridized carbons (Fsp3) is 0.579. The van der Waals surface area contributed by atoms with E-state index in [9.17, 15) is 18.0 Å². The zero-order valence-corrected chi connectivity index (χ0v) is 17.4. The molecule has 1 aromatic carbocycles. The largest absolute Gasteiger partial charge is 0.496 e. The highest BCUT2D eigenvalue weighted by molar-refractivity contribution is 7.89. The summed E-state index contributed by atoms with van der Waals surface area (Å²) in [5, 5.41) is 8.07. The van der Waals surface area contributed by atoms with Crippen LogP contribution in [-0.2, 0) is 19.6 Å². The lowest BCUT2D eigenvalue weighted by atomic mass is 9.78. The Balaban J connectivity index is 2.10. The van der Waals surface area contributed by atoms with E-state index in [0.29, 0.717) is 11.8 Å². The summed E-state index contributed by atoms with van der Waals surface area (Å²) in [6.45, 7) is 5.74. The Bertz CT molecular complexity index is 839. The summed E-state index contributed by atoms with van der Waals surface area (Å²) in [5.41, 5.74) is -0.117. The number of nitrogens with one attached hydrogen (secondary N) is 1. The van der Waals surface area contributed by atoms with Crippen LogP contribution in [0.1, 0.15) is 50.4 Å². The molecule has 1 amide bonds. The van der Waals surface area contributed by atoms with Crippen molar-refractivity contribution in [2.45, 2.75) is 57.1 Å². The maximum Gasteiger partial charge on any atom is 0.342 e. The van der Waals surface area contributed by atoms with Crippen LogP contribution < -0.4 is 15.2 Å². The van der Waals surface area contributed by atoms with Crippen LogP contribution in [-0.4, -0.2) is 39.5 Å². The molecule has 0 heterocycles. The number of nitrogens with two attached hydrogens (primary N) is 1. The Morgan fingerprint density at radius 3 is 2.54 bits per heavy atom. The Hall–Kier alpha value is -2.13. The number of ether oxygens (including phenoxy) is 2. The van der Waals surface area contributed by atoms with Crippen LogP contribution in [0.2, 0.25) is 0 Å². The van der Waals surface area contributed by atoms with Gasteiger partial charge in [-0.1, -0.05) is 26.7 Å². The number of rotatable bonds is 6. The summed E-state index contributed by atoms with van der Waals surface area (Å²) >= 11 is 0. The van der Waals surface area contributed by atoms with Crippen molar-refractivity contribution in [2.75, 3.05) is 7.11 Å². The van der Waals surface area contributed by atoms with Crippen molar-refractivity contribution < 1.29 is 27.5 Å². The van der Waals surface area contributed by atoms with Crippen molar-refractivity contribution in [1.82, 2.24) is 5.32 Å². The zero-order chi connectivity index (χ0) is 21.1. The Labute approximate surface area is 165 Å². The van der Waals surface area contributed by atoms with Gasteiger partial charge in [-0.25, -0.2) is 18.4 Å². The average molecular weight is 413 g/mol. The molecule has 1 aliphatic rings. The van der Waals surface area contributed by atoms with E-state index >= 15 is 0 Å². The van der Waals surface area contributed by atoms with E-state index in [1.165, 1.54) is 26.2 Å². The minimum absolute atomic E-state index is 0.0395. The highest BCUT2D eigenvalue weighted by atomic mass is 32.2. The molecule has 1 fully saturated rings. The first-order chi connectivity index (χ1) is 13.0. The summed E-state index contributed by atoms with van der Waals surface area (Å²) in [6, 6.07) is 3.66. The molecule has 28 heavy (non-hydrogen) atoms. The molecule has 0 unspecified atom stereocenters. The predicted molar refractivity (Wildman–Crippen MR) is 103 cm³/mol. The van der Waals surface area contributed by atoms with Crippen LogP contribution in [0.25, 0.3) is 0 Å². The normalized spacial score (nSPS) is 23.5. The van der Waals surface area contributed by atoms with Gasteiger partial charge in [0.25, 0.3) is 5.91 Å². The van der Waals surface area contributed by atoms with E-state index < -0.39 is 22.1 Å².